The van der Waals surface area contributed by atoms with Crippen LogP contribution in [0.15, 0.2) is 30.3 Å². The van der Waals surface area contributed by atoms with Crippen molar-refractivity contribution in [2.24, 2.45) is 5.92 Å². The van der Waals surface area contributed by atoms with Crippen LogP contribution in [0.2, 0.25) is 0 Å². The van der Waals surface area contributed by atoms with Crippen LogP contribution < -0.4 is 5.32 Å². The highest BCUT2D eigenvalue weighted by atomic mass is 19.4. The average molecular weight is 300 g/mol. The summed E-state index contributed by atoms with van der Waals surface area (Å²) >= 11 is 0. The second kappa shape index (κ2) is 6.47. The van der Waals surface area contributed by atoms with Crippen molar-refractivity contribution in [3.8, 4) is 0 Å². The molecule has 0 saturated carbocycles. The van der Waals surface area contributed by atoms with Gasteiger partial charge in [-0.1, -0.05) is 18.2 Å². The van der Waals surface area contributed by atoms with E-state index in [1.54, 1.807) is 36.1 Å². The number of rotatable bonds is 3. The van der Waals surface area contributed by atoms with Crippen LogP contribution in [0.4, 0.5) is 18.9 Å². The number of nitrogens with one attached hydrogen (secondary N) is 1. The normalized spacial score (nSPS) is 21.8. The van der Waals surface area contributed by atoms with E-state index in [1.165, 1.54) is 0 Å². The van der Waals surface area contributed by atoms with Gasteiger partial charge in [-0.15, -0.1) is 0 Å². The second-order valence-corrected chi connectivity index (χ2v) is 5.41. The van der Waals surface area contributed by atoms with Gasteiger partial charge in [0.15, 0.2) is 0 Å². The van der Waals surface area contributed by atoms with Crippen LogP contribution in [0.5, 0.6) is 0 Å². The standard InChI is InChI=1S/C15H19F3N2O/c1-11(14(21)19-13-7-3-2-4-8-13)20-9-5-6-12(10-20)15(16,17)18/h2-4,7-8,11-12H,5-6,9-10H2,1H3,(H,19,21)/t11-,12+/m0/s1. The maximum Gasteiger partial charge on any atom is 0.393 e. The molecule has 1 aromatic carbocycles. The Morgan fingerprint density at radius 3 is 2.62 bits per heavy atom. The molecular weight excluding hydrogens is 281 g/mol. The predicted molar refractivity (Wildman–Crippen MR) is 74.9 cm³/mol. The van der Waals surface area contributed by atoms with Gasteiger partial charge in [0.1, 0.15) is 0 Å². The number of anilines is 1. The number of benzene rings is 1. The van der Waals surface area contributed by atoms with Crippen molar-refractivity contribution in [1.29, 1.82) is 0 Å². The Hall–Kier alpha value is -1.56. The summed E-state index contributed by atoms with van der Waals surface area (Å²) in [6.07, 6.45) is -3.57. The molecule has 0 unspecified atom stereocenters. The molecule has 1 aromatic rings. The highest BCUT2D eigenvalue weighted by Crippen LogP contribution is 2.33. The van der Waals surface area contributed by atoms with Crippen LogP contribution in [0.1, 0.15) is 19.8 Å². The Kier molecular flexibility index (Phi) is 4.88. The van der Waals surface area contributed by atoms with Gasteiger partial charge in [0, 0.05) is 12.2 Å². The van der Waals surface area contributed by atoms with Gasteiger partial charge in [-0.3, -0.25) is 9.69 Å². The Labute approximate surface area is 122 Å². The molecule has 1 amide bonds. The second-order valence-electron chi connectivity index (χ2n) is 5.41. The fourth-order valence-electron chi connectivity index (χ4n) is 2.56. The molecule has 0 aliphatic carbocycles. The summed E-state index contributed by atoms with van der Waals surface area (Å²) in [5, 5.41) is 2.73. The highest BCUT2D eigenvalue weighted by molar-refractivity contribution is 5.94. The predicted octanol–water partition coefficient (Wildman–Crippen LogP) is 3.29. The zero-order valence-corrected chi connectivity index (χ0v) is 11.9. The molecule has 1 N–H and O–H groups in total. The topological polar surface area (TPSA) is 32.3 Å². The van der Waals surface area contributed by atoms with E-state index in [1.807, 2.05) is 6.07 Å². The minimum atomic E-state index is -4.19. The van der Waals surface area contributed by atoms with Crippen molar-refractivity contribution in [3.63, 3.8) is 0 Å². The zero-order valence-electron chi connectivity index (χ0n) is 11.9. The quantitative estimate of drug-likeness (QED) is 0.929. The summed E-state index contributed by atoms with van der Waals surface area (Å²) < 4.78 is 38.4. The van der Waals surface area contributed by atoms with Crippen LogP contribution >= 0.6 is 0 Å². The van der Waals surface area contributed by atoms with Crippen molar-refractivity contribution in [3.05, 3.63) is 30.3 Å². The number of likely N-dealkylation sites (tertiary alicyclic amines) is 1. The number of carbonyl (C=O) groups is 1. The minimum Gasteiger partial charge on any atom is -0.325 e. The lowest BCUT2D eigenvalue weighted by molar-refractivity contribution is -0.188. The number of hydrogen-bond donors (Lipinski definition) is 1. The van der Waals surface area contributed by atoms with Crippen LogP contribution in [-0.4, -0.2) is 36.1 Å². The van der Waals surface area contributed by atoms with Crippen LogP contribution in [0.3, 0.4) is 0 Å². The molecule has 3 nitrogen and oxygen atoms in total. The molecule has 1 aliphatic heterocycles. The van der Waals surface area contributed by atoms with E-state index in [0.717, 1.165) is 0 Å². The fourth-order valence-corrected chi connectivity index (χ4v) is 2.56. The van der Waals surface area contributed by atoms with E-state index in [4.69, 9.17) is 0 Å². The number of alkyl halides is 3. The molecule has 0 bridgehead atoms. The van der Waals surface area contributed by atoms with E-state index >= 15 is 0 Å². The van der Waals surface area contributed by atoms with Gasteiger partial charge in [-0.25, -0.2) is 0 Å². The van der Waals surface area contributed by atoms with E-state index in [9.17, 15) is 18.0 Å². The smallest absolute Gasteiger partial charge is 0.325 e. The van der Waals surface area contributed by atoms with Gasteiger partial charge in [-0.2, -0.15) is 13.2 Å². The number of halogens is 3. The van der Waals surface area contributed by atoms with Gasteiger partial charge in [0.25, 0.3) is 0 Å². The van der Waals surface area contributed by atoms with Crippen molar-refractivity contribution >= 4 is 11.6 Å². The third-order valence-corrected chi connectivity index (χ3v) is 3.88. The molecule has 1 aliphatic rings. The summed E-state index contributed by atoms with van der Waals surface area (Å²) in [4.78, 5) is 13.7. The number of hydrogen-bond acceptors (Lipinski definition) is 2. The third kappa shape index (κ3) is 4.20. The summed E-state index contributed by atoms with van der Waals surface area (Å²) in [5.41, 5.74) is 0.652. The molecule has 2 atom stereocenters. The molecule has 1 heterocycles. The van der Waals surface area contributed by atoms with Gasteiger partial charge in [-0.05, 0) is 38.4 Å². The van der Waals surface area contributed by atoms with Gasteiger partial charge >= 0.3 is 6.18 Å². The van der Waals surface area contributed by atoms with Crippen LogP contribution in [-0.2, 0) is 4.79 Å². The number of carbonyl (C=O) groups excluding carboxylic acids is 1. The first kappa shape index (κ1) is 15.8. The molecule has 0 spiro atoms. The molecule has 2 rings (SSSR count). The Balaban J connectivity index is 1.96. The van der Waals surface area contributed by atoms with Crippen LogP contribution in [0, 0.1) is 5.92 Å². The molecule has 0 aromatic heterocycles. The van der Waals surface area contributed by atoms with Crippen molar-refractivity contribution in [1.82, 2.24) is 4.90 Å². The molecule has 0 radical (unpaired) electrons. The Morgan fingerprint density at radius 2 is 2.00 bits per heavy atom. The number of para-hydroxylation sites is 1. The molecule has 116 valence electrons. The Bertz CT molecular complexity index is 476. The number of nitrogens with zero attached hydrogens (tertiary/aromatic N) is 1. The Morgan fingerprint density at radius 1 is 1.33 bits per heavy atom. The average Bonchev–Trinajstić information content (AvgIpc) is 2.46. The summed E-state index contributed by atoms with van der Waals surface area (Å²) in [6, 6.07) is 8.34. The maximum atomic E-state index is 12.8. The van der Waals surface area contributed by atoms with E-state index in [0.29, 0.717) is 18.7 Å². The molecule has 1 fully saturated rings. The first-order valence-corrected chi connectivity index (χ1v) is 7.04. The van der Waals surface area contributed by atoms with Crippen molar-refractivity contribution < 1.29 is 18.0 Å². The summed E-state index contributed by atoms with van der Waals surface area (Å²) in [6.45, 7) is 2.07. The van der Waals surface area contributed by atoms with Gasteiger partial charge in [0.2, 0.25) is 5.91 Å². The largest absolute Gasteiger partial charge is 0.393 e. The molecule has 6 heteroatoms. The first-order valence-electron chi connectivity index (χ1n) is 7.04. The van der Waals surface area contributed by atoms with E-state index in [2.05, 4.69) is 5.32 Å². The number of amides is 1. The third-order valence-electron chi connectivity index (χ3n) is 3.88. The fraction of sp³-hybridized carbons (Fsp3) is 0.533. The zero-order chi connectivity index (χ0) is 15.5. The minimum absolute atomic E-state index is 0.104. The lowest BCUT2D eigenvalue weighted by Crippen LogP contribution is -2.49. The van der Waals surface area contributed by atoms with Gasteiger partial charge in [0.05, 0.1) is 12.0 Å². The number of piperidine rings is 1. The maximum absolute atomic E-state index is 12.8. The van der Waals surface area contributed by atoms with Crippen LogP contribution in [0.25, 0.3) is 0 Å². The molecule has 1 saturated heterocycles. The highest BCUT2D eigenvalue weighted by Gasteiger charge is 2.43. The lowest BCUT2D eigenvalue weighted by atomic mass is 9.96. The molecule has 21 heavy (non-hydrogen) atoms. The van der Waals surface area contributed by atoms with E-state index < -0.39 is 18.1 Å². The SMILES string of the molecule is C[C@@H](C(=O)Nc1ccccc1)N1CCC[C@@H](C(F)(F)F)C1. The summed E-state index contributed by atoms with van der Waals surface area (Å²) in [7, 11) is 0. The van der Waals surface area contributed by atoms with Crippen molar-refractivity contribution in [2.45, 2.75) is 32.0 Å². The monoisotopic (exact) mass is 300 g/mol. The summed E-state index contributed by atoms with van der Waals surface area (Å²) in [5.74, 6) is -1.61. The molecular formula is C15H19F3N2O. The van der Waals surface area contributed by atoms with E-state index in [-0.39, 0.29) is 18.9 Å². The first-order chi connectivity index (χ1) is 9.88. The van der Waals surface area contributed by atoms with Gasteiger partial charge < -0.3 is 5.32 Å². The lowest BCUT2D eigenvalue weighted by Gasteiger charge is -2.36. The van der Waals surface area contributed by atoms with Crippen molar-refractivity contribution in [2.75, 3.05) is 18.4 Å².